The molecule has 4 rings (SSSR count). The Balaban J connectivity index is 1.37. The highest BCUT2D eigenvalue weighted by Crippen LogP contribution is 2.22. The van der Waals surface area contributed by atoms with Crippen molar-refractivity contribution in [1.82, 2.24) is 15.3 Å². The summed E-state index contributed by atoms with van der Waals surface area (Å²) in [4.78, 5) is 21.4. The zero-order valence-electron chi connectivity index (χ0n) is 13.6. The van der Waals surface area contributed by atoms with Gasteiger partial charge < -0.3 is 5.32 Å². The number of carbonyl (C=O) groups excluding carboxylic acids is 1. The lowest BCUT2D eigenvalue weighted by atomic mass is 10.1. The molecule has 2 heterocycles. The smallest absolute Gasteiger partial charge is 0.253 e. The van der Waals surface area contributed by atoms with Gasteiger partial charge in [0.15, 0.2) is 0 Å². The van der Waals surface area contributed by atoms with E-state index in [4.69, 9.17) is 0 Å². The predicted octanol–water partition coefficient (Wildman–Crippen LogP) is 4.21. The van der Waals surface area contributed by atoms with Crippen LogP contribution >= 0.6 is 11.3 Å². The van der Waals surface area contributed by atoms with E-state index in [1.165, 1.54) is 4.70 Å². The standard InChI is InChI=1S/C20H17N3OS/c24-20(15-8-3-6-14-7-4-12-21-19(14)15)22-13-5-11-18-23-16-9-1-2-10-17(16)25-18/h1-4,6-10,12H,5,11,13H2,(H,22,24). The van der Waals surface area contributed by atoms with Crippen molar-refractivity contribution < 1.29 is 4.79 Å². The lowest BCUT2D eigenvalue weighted by Gasteiger charge is -2.07. The van der Waals surface area contributed by atoms with Crippen LogP contribution in [0.4, 0.5) is 0 Å². The summed E-state index contributed by atoms with van der Waals surface area (Å²) >= 11 is 1.72. The summed E-state index contributed by atoms with van der Waals surface area (Å²) in [7, 11) is 0. The maximum Gasteiger partial charge on any atom is 0.253 e. The van der Waals surface area contributed by atoms with Crippen LogP contribution in [0.25, 0.3) is 21.1 Å². The molecule has 4 nitrogen and oxygen atoms in total. The third-order valence-electron chi connectivity index (χ3n) is 4.07. The van der Waals surface area contributed by atoms with Crippen molar-refractivity contribution in [2.45, 2.75) is 12.8 Å². The van der Waals surface area contributed by atoms with Crippen molar-refractivity contribution >= 4 is 38.4 Å². The molecule has 4 aromatic rings. The number of aromatic nitrogens is 2. The quantitative estimate of drug-likeness (QED) is 0.550. The molecule has 0 atom stereocenters. The Morgan fingerprint density at radius 2 is 1.92 bits per heavy atom. The van der Waals surface area contributed by atoms with Gasteiger partial charge in [-0.15, -0.1) is 11.3 Å². The molecule has 0 aliphatic heterocycles. The number of benzene rings is 2. The molecule has 1 amide bonds. The fraction of sp³-hybridized carbons (Fsp3) is 0.150. The van der Waals surface area contributed by atoms with Gasteiger partial charge >= 0.3 is 0 Å². The first-order valence-corrected chi connectivity index (χ1v) is 9.09. The molecule has 0 saturated carbocycles. The van der Waals surface area contributed by atoms with Crippen LogP contribution in [0.1, 0.15) is 21.8 Å². The van der Waals surface area contributed by atoms with Crippen molar-refractivity contribution in [2.75, 3.05) is 6.54 Å². The minimum Gasteiger partial charge on any atom is -0.352 e. The summed E-state index contributed by atoms with van der Waals surface area (Å²) in [5.74, 6) is -0.0754. The normalized spacial score (nSPS) is 11.0. The van der Waals surface area contributed by atoms with Crippen LogP contribution < -0.4 is 5.32 Å². The van der Waals surface area contributed by atoms with Crippen LogP contribution in [0.5, 0.6) is 0 Å². The second-order valence-corrected chi connectivity index (χ2v) is 6.93. The molecule has 2 aromatic carbocycles. The maximum absolute atomic E-state index is 12.4. The topological polar surface area (TPSA) is 54.9 Å². The first kappa shape index (κ1) is 15.7. The Morgan fingerprint density at radius 1 is 1.04 bits per heavy atom. The van der Waals surface area contributed by atoms with Crippen molar-refractivity contribution in [3.05, 3.63) is 71.4 Å². The molecule has 124 valence electrons. The van der Waals surface area contributed by atoms with Crippen LogP contribution in [-0.4, -0.2) is 22.4 Å². The fourth-order valence-corrected chi connectivity index (χ4v) is 3.86. The SMILES string of the molecule is O=C(NCCCc1nc2ccccc2s1)c1cccc2cccnc12. The van der Waals surface area contributed by atoms with Gasteiger partial charge in [-0.05, 0) is 30.7 Å². The second kappa shape index (κ2) is 6.99. The monoisotopic (exact) mass is 347 g/mol. The number of aryl methyl sites for hydroxylation is 1. The molecule has 0 bridgehead atoms. The molecule has 0 radical (unpaired) electrons. The van der Waals surface area contributed by atoms with Crippen molar-refractivity contribution in [3.63, 3.8) is 0 Å². The van der Waals surface area contributed by atoms with E-state index < -0.39 is 0 Å². The zero-order valence-corrected chi connectivity index (χ0v) is 14.4. The molecule has 25 heavy (non-hydrogen) atoms. The highest BCUT2D eigenvalue weighted by Gasteiger charge is 2.10. The maximum atomic E-state index is 12.4. The van der Waals surface area contributed by atoms with Gasteiger partial charge in [-0.2, -0.15) is 0 Å². The van der Waals surface area contributed by atoms with Crippen LogP contribution in [-0.2, 0) is 6.42 Å². The van der Waals surface area contributed by atoms with Gasteiger partial charge in [0.25, 0.3) is 5.91 Å². The minimum absolute atomic E-state index is 0.0754. The summed E-state index contributed by atoms with van der Waals surface area (Å²) in [6, 6.07) is 17.7. The molecule has 0 saturated heterocycles. The highest BCUT2D eigenvalue weighted by molar-refractivity contribution is 7.18. The number of fused-ring (bicyclic) bond motifs is 2. The number of para-hydroxylation sites is 2. The van der Waals surface area contributed by atoms with Gasteiger partial charge in [-0.25, -0.2) is 4.98 Å². The number of nitrogens with zero attached hydrogens (tertiary/aromatic N) is 2. The Kier molecular flexibility index (Phi) is 4.39. The number of hydrogen-bond acceptors (Lipinski definition) is 4. The summed E-state index contributed by atoms with van der Waals surface area (Å²) in [5, 5.41) is 5.08. The lowest BCUT2D eigenvalue weighted by Crippen LogP contribution is -2.25. The Morgan fingerprint density at radius 3 is 2.84 bits per heavy atom. The van der Waals surface area contributed by atoms with E-state index >= 15 is 0 Å². The third-order valence-corrected chi connectivity index (χ3v) is 5.16. The molecule has 0 spiro atoms. The number of amides is 1. The van der Waals surface area contributed by atoms with E-state index in [2.05, 4.69) is 21.4 Å². The van der Waals surface area contributed by atoms with E-state index in [1.807, 2.05) is 48.5 Å². The molecule has 1 N–H and O–H groups in total. The van der Waals surface area contributed by atoms with E-state index in [9.17, 15) is 4.79 Å². The number of carbonyl (C=O) groups is 1. The van der Waals surface area contributed by atoms with Crippen molar-refractivity contribution in [1.29, 1.82) is 0 Å². The minimum atomic E-state index is -0.0754. The van der Waals surface area contributed by atoms with Crippen LogP contribution in [0.3, 0.4) is 0 Å². The van der Waals surface area contributed by atoms with Crippen molar-refractivity contribution in [2.24, 2.45) is 0 Å². The zero-order chi connectivity index (χ0) is 17.1. The number of rotatable bonds is 5. The summed E-state index contributed by atoms with van der Waals surface area (Å²) in [6.07, 6.45) is 3.45. The molecule has 0 aliphatic rings. The largest absolute Gasteiger partial charge is 0.352 e. The van der Waals surface area contributed by atoms with E-state index in [1.54, 1.807) is 17.5 Å². The summed E-state index contributed by atoms with van der Waals surface area (Å²) in [5.41, 5.74) is 2.42. The Bertz CT molecular complexity index is 1000. The van der Waals surface area contributed by atoms with Gasteiger partial charge in [0.2, 0.25) is 0 Å². The molecule has 0 unspecified atom stereocenters. The molecular formula is C20H17N3OS. The van der Waals surface area contributed by atoms with Gasteiger partial charge in [0.1, 0.15) is 0 Å². The number of hydrogen-bond donors (Lipinski definition) is 1. The van der Waals surface area contributed by atoms with Gasteiger partial charge in [-0.1, -0.05) is 30.3 Å². The third kappa shape index (κ3) is 3.37. The summed E-state index contributed by atoms with van der Waals surface area (Å²) in [6.45, 7) is 0.623. The predicted molar refractivity (Wildman–Crippen MR) is 102 cm³/mol. The first-order chi connectivity index (χ1) is 12.3. The van der Waals surface area contributed by atoms with E-state index in [0.29, 0.717) is 12.1 Å². The second-order valence-electron chi connectivity index (χ2n) is 5.82. The molecule has 2 aromatic heterocycles. The van der Waals surface area contributed by atoms with Crippen LogP contribution in [0, 0.1) is 0 Å². The van der Waals surface area contributed by atoms with Crippen molar-refractivity contribution in [3.8, 4) is 0 Å². The number of pyridine rings is 1. The number of thiazole rings is 1. The molecule has 5 heteroatoms. The highest BCUT2D eigenvalue weighted by atomic mass is 32.1. The van der Waals surface area contributed by atoms with E-state index in [0.717, 1.165) is 34.3 Å². The molecule has 0 fully saturated rings. The summed E-state index contributed by atoms with van der Waals surface area (Å²) < 4.78 is 1.21. The Labute approximate surface area is 149 Å². The first-order valence-electron chi connectivity index (χ1n) is 8.28. The van der Waals surface area contributed by atoms with Crippen LogP contribution in [0.2, 0.25) is 0 Å². The number of nitrogens with one attached hydrogen (secondary N) is 1. The van der Waals surface area contributed by atoms with Gasteiger partial charge in [-0.3, -0.25) is 9.78 Å². The Hall–Kier alpha value is -2.79. The van der Waals surface area contributed by atoms with E-state index in [-0.39, 0.29) is 5.91 Å². The fourth-order valence-electron chi connectivity index (χ4n) is 2.85. The molecule has 0 aliphatic carbocycles. The average molecular weight is 347 g/mol. The molecular weight excluding hydrogens is 330 g/mol. The average Bonchev–Trinajstić information content (AvgIpc) is 3.07. The lowest BCUT2D eigenvalue weighted by molar-refractivity contribution is 0.0954. The van der Waals surface area contributed by atoms with Gasteiger partial charge in [0, 0.05) is 24.5 Å². The van der Waals surface area contributed by atoms with Gasteiger partial charge in [0.05, 0.1) is 26.3 Å². The van der Waals surface area contributed by atoms with Crippen LogP contribution in [0.15, 0.2) is 60.8 Å².